The lowest BCUT2D eigenvalue weighted by Gasteiger charge is -2.18. The zero-order valence-electron chi connectivity index (χ0n) is 11.1. The second-order valence-electron chi connectivity index (χ2n) is 3.98. The highest BCUT2D eigenvalue weighted by Gasteiger charge is 2.18. The average Bonchev–Trinajstić information content (AvgIpc) is 2.37. The number of hydrogen-bond acceptors (Lipinski definition) is 5. The normalized spacial score (nSPS) is 13.6. The van der Waals surface area contributed by atoms with Gasteiger partial charge in [-0.1, -0.05) is 6.07 Å². The Morgan fingerprint density at radius 1 is 1.28 bits per heavy atom. The lowest BCUT2D eigenvalue weighted by atomic mass is 10.1. The molecule has 0 bridgehead atoms. The molecule has 5 nitrogen and oxygen atoms in total. The minimum atomic E-state index is -0.695. The zero-order valence-corrected chi connectivity index (χ0v) is 11.1. The quantitative estimate of drug-likeness (QED) is 0.808. The van der Waals surface area contributed by atoms with E-state index in [0.717, 1.165) is 5.56 Å². The Morgan fingerprint density at radius 2 is 1.94 bits per heavy atom. The van der Waals surface area contributed by atoms with Crippen LogP contribution in [-0.2, 0) is 9.53 Å². The molecule has 0 aliphatic heterocycles. The average molecular weight is 253 g/mol. The largest absolute Gasteiger partial charge is 0.497 e. The molecule has 0 spiro atoms. The fourth-order valence-corrected chi connectivity index (χ4v) is 1.52. The highest BCUT2D eigenvalue weighted by Crippen LogP contribution is 2.29. The summed E-state index contributed by atoms with van der Waals surface area (Å²) in [4.78, 5) is 11.3. The van der Waals surface area contributed by atoms with Gasteiger partial charge in [-0.2, -0.15) is 0 Å². The van der Waals surface area contributed by atoms with Crippen LogP contribution in [-0.4, -0.2) is 26.3 Å². The number of benzene rings is 1. The molecular formula is C13H19NO4. The molecule has 1 rings (SSSR count). The van der Waals surface area contributed by atoms with Crippen molar-refractivity contribution < 1.29 is 19.0 Å². The molecule has 0 radical (unpaired) electrons. The molecule has 100 valence electrons. The Hall–Kier alpha value is -1.75. The Kier molecular flexibility index (Phi) is 4.97. The van der Waals surface area contributed by atoms with Crippen LogP contribution < -0.4 is 15.2 Å². The summed E-state index contributed by atoms with van der Waals surface area (Å²) in [5.41, 5.74) is 6.67. The summed E-state index contributed by atoms with van der Waals surface area (Å²) in [6, 6.07) is 5.13. The van der Waals surface area contributed by atoms with Gasteiger partial charge in [-0.3, -0.25) is 0 Å². The minimum absolute atomic E-state index is 0.198. The third kappa shape index (κ3) is 3.37. The van der Waals surface area contributed by atoms with Crippen LogP contribution >= 0.6 is 0 Å². The third-order valence-electron chi connectivity index (χ3n) is 2.55. The van der Waals surface area contributed by atoms with Crippen LogP contribution in [0.2, 0.25) is 0 Å². The lowest BCUT2D eigenvalue weighted by molar-refractivity contribution is -0.147. The summed E-state index contributed by atoms with van der Waals surface area (Å²) in [7, 11) is 2.88. The number of hydrogen-bond donors (Lipinski definition) is 1. The molecule has 0 saturated carbocycles. The summed E-state index contributed by atoms with van der Waals surface area (Å²) in [6.45, 7) is 3.47. The van der Waals surface area contributed by atoms with Gasteiger partial charge in [-0.05, 0) is 19.9 Å². The standard InChI is InChI=1S/C13H19NO4/c1-8(14)11-6-5-10(16-3)7-12(11)18-9(2)13(15)17-4/h5-9H,14H2,1-4H3/t8-,9?/m0/s1. The predicted molar refractivity (Wildman–Crippen MR) is 67.7 cm³/mol. The number of methoxy groups -OCH3 is 2. The molecule has 0 heterocycles. The van der Waals surface area contributed by atoms with Crippen LogP contribution in [0.25, 0.3) is 0 Å². The van der Waals surface area contributed by atoms with Gasteiger partial charge < -0.3 is 19.9 Å². The summed E-state index contributed by atoms with van der Waals surface area (Å²) in [5, 5.41) is 0. The summed E-state index contributed by atoms with van der Waals surface area (Å²) in [6.07, 6.45) is -0.695. The van der Waals surface area contributed by atoms with Crippen LogP contribution in [0.4, 0.5) is 0 Å². The maximum Gasteiger partial charge on any atom is 0.346 e. The number of rotatable bonds is 5. The number of ether oxygens (including phenoxy) is 3. The van der Waals surface area contributed by atoms with Gasteiger partial charge in [0.25, 0.3) is 0 Å². The summed E-state index contributed by atoms with van der Waals surface area (Å²) >= 11 is 0. The van der Waals surface area contributed by atoms with Crippen molar-refractivity contribution in [1.29, 1.82) is 0 Å². The Morgan fingerprint density at radius 3 is 2.44 bits per heavy atom. The molecule has 1 aromatic rings. The molecule has 0 aromatic heterocycles. The van der Waals surface area contributed by atoms with Gasteiger partial charge in [0.1, 0.15) is 11.5 Å². The van der Waals surface area contributed by atoms with Crippen molar-refractivity contribution in [2.75, 3.05) is 14.2 Å². The monoisotopic (exact) mass is 253 g/mol. The van der Waals surface area contributed by atoms with Gasteiger partial charge in [0.15, 0.2) is 6.10 Å². The molecule has 1 unspecified atom stereocenters. The Balaban J connectivity index is 3.00. The molecule has 0 aliphatic carbocycles. The molecule has 1 aromatic carbocycles. The van der Waals surface area contributed by atoms with E-state index in [2.05, 4.69) is 4.74 Å². The van der Waals surface area contributed by atoms with Gasteiger partial charge >= 0.3 is 5.97 Å². The zero-order chi connectivity index (χ0) is 13.7. The van der Waals surface area contributed by atoms with E-state index in [9.17, 15) is 4.79 Å². The molecule has 2 N–H and O–H groups in total. The highest BCUT2D eigenvalue weighted by atomic mass is 16.6. The predicted octanol–water partition coefficient (Wildman–Crippen LogP) is 1.66. The molecule has 0 fully saturated rings. The molecule has 18 heavy (non-hydrogen) atoms. The van der Waals surface area contributed by atoms with Crippen LogP contribution in [0.1, 0.15) is 25.5 Å². The van der Waals surface area contributed by atoms with Crippen molar-refractivity contribution in [2.45, 2.75) is 26.0 Å². The van der Waals surface area contributed by atoms with E-state index < -0.39 is 12.1 Å². The van der Waals surface area contributed by atoms with Crippen molar-refractivity contribution >= 4 is 5.97 Å². The second kappa shape index (κ2) is 6.26. The van der Waals surface area contributed by atoms with Gasteiger partial charge in [0.2, 0.25) is 0 Å². The molecule has 5 heteroatoms. The number of carbonyl (C=O) groups is 1. The van der Waals surface area contributed by atoms with Crippen molar-refractivity contribution in [3.05, 3.63) is 23.8 Å². The molecule has 0 aliphatic rings. The van der Waals surface area contributed by atoms with E-state index in [1.165, 1.54) is 7.11 Å². The van der Waals surface area contributed by atoms with Crippen LogP contribution in [0.3, 0.4) is 0 Å². The molecule has 2 atom stereocenters. The SMILES string of the molecule is COC(=O)C(C)Oc1cc(OC)ccc1[C@H](C)N. The van der Waals surface area contributed by atoms with Gasteiger partial charge in [-0.15, -0.1) is 0 Å². The van der Waals surface area contributed by atoms with Gasteiger partial charge in [-0.25, -0.2) is 4.79 Å². The molecular weight excluding hydrogens is 234 g/mol. The van der Waals surface area contributed by atoms with Crippen LogP contribution in [0.5, 0.6) is 11.5 Å². The maximum absolute atomic E-state index is 11.3. The van der Waals surface area contributed by atoms with Gasteiger partial charge in [0, 0.05) is 17.7 Å². The maximum atomic E-state index is 11.3. The van der Waals surface area contributed by atoms with Crippen molar-refractivity contribution in [2.24, 2.45) is 5.73 Å². The fourth-order valence-electron chi connectivity index (χ4n) is 1.52. The molecule has 0 saturated heterocycles. The topological polar surface area (TPSA) is 70.8 Å². The lowest BCUT2D eigenvalue weighted by Crippen LogP contribution is -2.25. The van der Waals surface area contributed by atoms with E-state index in [4.69, 9.17) is 15.2 Å². The first-order valence-corrected chi connectivity index (χ1v) is 5.67. The van der Waals surface area contributed by atoms with E-state index in [0.29, 0.717) is 11.5 Å². The van der Waals surface area contributed by atoms with Crippen LogP contribution in [0, 0.1) is 0 Å². The van der Waals surface area contributed by atoms with E-state index in [-0.39, 0.29) is 6.04 Å². The first-order valence-electron chi connectivity index (χ1n) is 5.67. The second-order valence-corrected chi connectivity index (χ2v) is 3.98. The van der Waals surface area contributed by atoms with Crippen molar-refractivity contribution in [3.8, 4) is 11.5 Å². The summed E-state index contributed by atoms with van der Waals surface area (Å²) in [5.74, 6) is 0.738. The Bertz CT molecular complexity index is 417. The summed E-state index contributed by atoms with van der Waals surface area (Å²) < 4.78 is 15.3. The Labute approximate surface area is 107 Å². The first kappa shape index (κ1) is 14.3. The number of esters is 1. The highest BCUT2D eigenvalue weighted by molar-refractivity contribution is 5.74. The fraction of sp³-hybridized carbons (Fsp3) is 0.462. The van der Waals surface area contributed by atoms with E-state index >= 15 is 0 Å². The van der Waals surface area contributed by atoms with Crippen molar-refractivity contribution in [1.82, 2.24) is 0 Å². The third-order valence-corrected chi connectivity index (χ3v) is 2.55. The van der Waals surface area contributed by atoms with Crippen LogP contribution in [0.15, 0.2) is 18.2 Å². The molecule has 0 amide bonds. The number of nitrogens with two attached hydrogens (primary N) is 1. The van der Waals surface area contributed by atoms with E-state index in [1.54, 1.807) is 26.2 Å². The van der Waals surface area contributed by atoms with E-state index in [1.807, 2.05) is 13.0 Å². The van der Waals surface area contributed by atoms with Crippen molar-refractivity contribution in [3.63, 3.8) is 0 Å². The minimum Gasteiger partial charge on any atom is -0.497 e. The van der Waals surface area contributed by atoms with Gasteiger partial charge in [0.05, 0.1) is 14.2 Å². The smallest absolute Gasteiger partial charge is 0.346 e. The number of carbonyl (C=O) groups excluding carboxylic acids is 1. The first-order chi connectivity index (χ1) is 8.49.